The Morgan fingerprint density at radius 2 is 2.26 bits per heavy atom. The number of nitrogens with two attached hydrogens (primary N) is 1. The van der Waals surface area contributed by atoms with Gasteiger partial charge in [-0.3, -0.25) is 4.79 Å². The number of pyridine rings is 1. The molecule has 1 aliphatic heterocycles. The van der Waals surface area contributed by atoms with Gasteiger partial charge in [0, 0.05) is 38.3 Å². The summed E-state index contributed by atoms with van der Waals surface area (Å²) in [4.78, 5) is 18.4. The predicted octanol–water partition coefficient (Wildman–Crippen LogP) is 1.36. The Balaban J connectivity index is 0.00000242. The van der Waals surface area contributed by atoms with Gasteiger partial charge in [0.2, 0.25) is 5.91 Å². The SMILES string of the molecule is CC1CN(c2ccc(CNC(=O)C(C)CN)cn2)CCO1.Cl.Cl. The van der Waals surface area contributed by atoms with Crippen LogP contribution in [0, 0.1) is 5.92 Å². The summed E-state index contributed by atoms with van der Waals surface area (Å²) in [5, 5.41) is 2.86. The number of carbonyl (C=O) groups is 1. The fourth-order valence-corrected chi connectivity index (χ4v) is 2.21. The number of amides is 1. The lowest BCUT2D eigenvalue weighted by Crippen LogP contribution is -2.41. The molecular weight excluding hydrogens is 339 g/mol. The Morgan fingerprint density at radius 3 is 2.83 bits per heavy atom. The zero-order valence-electron chi connectivity index (χ0n) is 13.5. The van der Waals surface area contributed by atoms with Crippen molar-refractivity contribution in [2.45, 2.75) is 26.5 Å². The van der Waals surface area contributed by atoms with Crippen molar-refractivity contribution in [2.75, 3.05) is 31.1 Å². The van der Waals surface area contributed by atoms with Gasteiger partial charge in [-0.2, -0.15) is 0 Å². The van der Waals surface area contributed by atoms with Crippen molar-refractivity contribution in [1.82, 2.24) is 10.3 Å². The number of nitrogens with one attached hydrogen (secondary N) is 1. The van der Waals surface area contributed by atoms with Crippen LogP contribution in [0.3, 0.4) is 0 Å². The van der Waals surface area contributed by atoms with Crippen molar-refractivity contribution < 1.29 is 9.53 Å². The Bertz CT molecular complexity index is 473. The molecule has 1 saturated heterocycles. The average molecular weight is 365 g/mol. The summed E-state index contributed by atoms with van der Waals surface area (Å²) in [5.74, 6) is 0.770. The van der Waals surface area contributed by atoms with Crippen molar-refractivity contribution in [1.29, 1.82) is 0 Å². The number of rotatable bonds is 5. The Morgan fingerprint density at radius 1 is 1.52 bits per heavy atom. The van der Waals surface area contributed by atoms with E-state index in [1.807, 2.05) is 25.3 Å². The molecule has 23 heavy (non-hydrogen) atoms. The van der Waals surface area contributed by atoms with E-state index in [1.165, 1.54) is 0 Å². The number of aromatic nitrogens is 1. The number of hydrogen-bond donors (Lipinski definition) is 2. The third-order valence-corrected chi connectivity index (χ3v) is 3.64. The van der Waals surface area contributed by atoms with Crippen LogP contribution >= 0.6 is 24.8 Å². The summed E-state index contributed by atoms with van der Waals surface area (Å²) in [5.41, 5.74) is 6.45. The Hall–Kier alpha value is -1.08. The van der Waals surface area contributed by atoms with Gasteiger partial charge in [0.15, 0.2) is 0 Å². The van der Waals surface area contributed by atoms with Crippen LogP contribution in [0.1, 0.15) is 19.4 Å². The van der Waals surface area contributed by atoms with Crippen LogP contribution in [0.5, 0.6) is 0 Å². The highest BCUT2D eigenvalue weighted by molar-refractivity contribution is 5.85. The van der Waals surface area contributed by atoms with E-state index in [0.717, 1.165) is 31.1 Å². The first kappa shape index (κ1) is 21.9. The van der Waals surface area contributed by atoms with Crippen LogP contribution in [0.25, 0.3) is 0 Å². The monoisotopic (exact) mass is 364 g/mol. The molecule has 1 amide bonds. The van der Waals surface area contributed by atoms with Crippen molar-refractivity contribution >= 4 is 36.5 Å². The largest absolute Gasteiger partial charge is 0.375 e. The maximum atomic E-state index is 11.7. The fraction of sp³-hybridized carbons (Fsp3) is 0.600. The molecule has 8 heteroatoms. The van der Waals surface area contributed by atoms with Gasteiger partial charge in [-0.05, 0) is 18.6 Å². The number of ether oxygens (including phenoxy) is 1. The average Bonchev–Trinajstić information content (AvgIpc) is 2.52. The molecule has 0 spiro atoms. The standard InChI is InChI=1S/C15H24N4O2.2ClH/c1-11(7-16)15(20)18-9-13-3-4-14(17-8-13)19-5-6-21-12(2)10-19;;/h3-4,8,11-12H,5-7,9-10,16H2,1-2H3,(H,18,20);2*1H. The lowest BCUT2D eigenvalue weighted by molar-refractivity contribution is -0.124. The van der Waals surface area contributed by atoms with E-state index < -0.39 is 0 Å². The first-order valence-electron chi connectivity index (χ1n) is 7.39. The smallest absolute Gasteiger partial charge is 0.224 e. The van der Waals surface area contributed by atoms with E-state index in [-0.39, 0.29) is 42.7 Å². The molecule has 0 aromatic carbocycles. The normalized spacial score (nSPS) is 18.4. The minimum Gasteiger partial charge on any atom is -0.375 e. The number of anilines is 1. The fourth-order valence-electron chi connectivity index (χ4n) is 2.21. The van der Waals surface area contributed by atoms with Crippen molar-refractivity contribution in [3.8, 4) is 0 Å². The Kier molecular flexibility index (Phi) is 10.1. The van der Waals surface area contributed by atoms with Crippen LogP contribution < -0.4 is 16.0 Å². The minimum atomic E-state index is -0.160. The molecule has 6 nitrogen and oxygen atoms in total. The molecule has 2 unspecified atom stereocenters. The molecule has 0 radical (unpaired) electrons. The van der Waals surface area contributed by atoms with E-state index in [2.05, 4.69) is 22.1 Å². The van der Waals surface area contributed by atoms with E-state index >= 15 is 0 Å². The highest BCUT2D eigenvalue weighted by atomic mass is 35.5. The molecule has 2 heterocycles. The van der Waals surface area contributed by atoms with E-state index in [9.17, 15) is 4.79 Å². The van der Waals surface area contributed by atoms with Gasteiger partial charge in [-0.15, -0.1) is 24.8 Å². The van der Waals surface area contributed by atoms with Gasteiger partial charge >= 0.3 is 0 Å². The van der Waals surface area contributed by atoms with Crippen LogP contribution in [-0.2, 0) is 16.1 Å². The van der Waals surface area contributed by atoms with Crippen molar-refractivity contribution in [3.05, 3.63) is 23.9 Å². The molecule has 1 aromatic rings. The molecule has 2 atom stereocenters. The summed E-state index contributed by atoms with van der Waals surface area (Å²) in [6, 6.07) is 3.99. The van der Waals surface area contributed by atoms with Gasteiger partial charge in [0.1, 0.15) is 5.82 Å². The van der Waals surface area contributed by atoms with Gasteiger partial charge in [0.25, 0.3) is 0 Å². The number of nitrogens with zero attached hydrogens (tertiary/aromatic N) is 2. The van der Waals surface area contributed by atoms with Crippen LogP contribution in [0.4, 0.5) is 5.82 Å². The lowest BCUT2D eigenvalue weighted by Gasteiger charge is -2.32. The second-order valence-electron chi connectivity index (χ2n) is 5.51. The maximum absolute atomic E-state index is 11.7. The second-order valence-corrected chi connectivity index (χ2v) is 5.51. The summed E-state index contributed by atoms with van der Waals surface area (Å²) in [6.07, 6.45) is 2.04. The highest BCUT2D eigenvalue weighted by Gasteiger charge is 2.17. The zero-order chi connectivity index (χ0) is 15.2. The molecule has 0 aliphatic carbocycles. The van der Waals surface area contributed by atoms with Crippen LogP contribution in [0.15, 0.2) is 18.3 Å². The summed E-state index contributed by atoms with van der Waals surface area (Å²) in [7, 11) is 0. The molecule has 0 saturated carbocycles. The van der Waals surface area contributed by atoms with E-state index in [4.69, 9.17) is 10.5 Å². The summed E-state index contributed by atoms with van der Waals surface area (Å²) >= 11 is 0. The maximum Gasteiger partial charge on any atom is 0.224 e. The van der Waals surface area contributed by atoms with Gasteiger partial charge in [0.05, 0.1) is 12.7 Å². The third kappa shape index (κ3) is 6.51. The first-order valence-corrected chi connectivity index (χ1v) is 7.39. The van der Waals surface area contributed by atoms with Gasteiger partial charge in [-0.1, -0.05) is 13.0 Å². The first-order chi connectivity index (χ1) is 10.1. The topological polar surface area (TPSA) is 80.5 Å². The third-order valence-electron chi connectivity index (χ3n) is 3.64. The van der Waals surface area contributed by atoms with Crippen LogP contribution in [0.2, 0.25) is 0 Å². The number of morpholine rings is 1. The van der Waals surface area contributed by atoms with E-state index in [0.29, 0.717) is 13.1 Å². The minimum absolute atomic E-state index is 0. The molecule has 1 fully saturated rings. The van der Waals surface area contributed by atoms with Gasteiger partial charge < -0.3 is 20.7 Å². The van der Waals surface area contributed by atoms with Crippen LogP contribution in [-0.4, -0.2) is 43.2 Å². The molecule has 2 rings (SSSR count). The number of halogens is 2. The molecule has 0 bridgehead atoms. The second kappa shape index (κ2) is 10.6. The zero-order valence-corrected chi connectivity index (χ0v) is 15.2. The van der Waals surface area contributed by atoms with Crippen molar-refractivity contribution in [2.24, 2.45) is 11.7 Å². The number of carbonyl (C=O) groups excluding carboxylic acids is 1. The molecule has 3 N–H and O–H groups in total. The predicted molar refractivity (Wildman–Crippen MR) is 96.4 cm³/mol. The molecule has 132 valence electrons. The quantitative estimate of drug-likeness (QED) is 0.824. The lowest BCUT2D eigenvalue weighted by atomic mass is 10.1. The van der Waals surface area contributed by atoms with Crippen molar-refractivity contribution in [3.63, 3.8) is 0 Å². The van der Waals surface area contributed by atoms with Gasteiger partial charge in [-0.25, -0.2) is 4.98 Å². The molecule has 1 aromatic heterocycles. The summed E-state index contributed by atoms with van der Waals surface area (Å²) in [6.45, 7) is 7.18. The molecule has 1 aliphatic rings. The number of hydrogen-bond acceptors (Lipinski definition) is 5. The molecular formula is C15H26Cl2N4O2. The van der Waals surface area contributed by atoms with E-state index in [1.54, 1.807) is 0 Å². The highest BCUT2D eigenvalue weighted by Crippen LogP contribution is 2.15. The summed E-state index contributed by atoms with van der Waals surface area (Å²) < 4.78 is 5.52. The Labute approximate surface area is 150 Å².